The van der Waals surface area contributed by atoms with E-state index in [1.165, 1.54) is 19.1 Å². The lowest BCUT2D eigenvalue weighted by atomic mass is 10.2. The third kappa shape index (κ3) is 7.31. The van der Waals surface area contributed by atoms with Gasteiger partial charge in [0.15, 0.2) is 0 Å². The van der Waals surface area contributed by atoms with Crippen molar-refractivity contribution in [2.75, 3.05) is 13.1 Å². The Kier molecular flexibility index (Phi) is 8.81. The summed E-state index contributed by atoms with van der Waals surface area (Å²) in [5, 5.41) is 0. The van der Waals surface area contributed by atoms with E-state index in [4.69, 9.17) is 0 Å². The molecule has 1 aromatic heterocycles. The quantitative estimate of drug-likeness (QED) is 0.420. The molecule has 0 spiro atoms. The number of hydrogen-bond acceptors (Lipinski definition) is 2. The number of carbonyl (C=O) groups excluding carboxylic acids is 2. The standard InChI is InChI=1S/C27H32FN3O2/c1-3-4-16-29(22(2)32)21-27(33)31(19-23-9-6-5-7-10-23)20-26-11-8-17-30(26)18-24-12-14-25(28)15-13-24/h5-15,17H,3-4,16,18-21H2,1-2H3. The summed E-state index contributed by atoms with van der Waals surface area (Å²) in [4.78, 5) is 28.9. The van der Waals surface area contributed by atoms with E-state index in [0.29, 0.717) is 26.2 Å². The molecule has 0 aliphatic heterocycles. The summed E-state index contributed by atoms with van der Waals surface area (Å²) in [7, 11) is 0. The summed E-state index contributed by atoms with van der Waals surface area (Å²) in [5.74, 6) is -0.431. The topological polar surface area (TPSA) is 45.6 Å². The van der Waals surface area contributed by atoms with Gasteiger partial charge in [-0.3, -0.25) is 9.59 Å². The molecule has 6 heteroatoms. The molecule has 0 N–H and O–H groups in total. The Morgan fingerprint density at radius 1 is 0.879 bits per heavy atom. The van der Waals surface area contributed by atoms with Crippen LogP contribution in [0, 0.1) is 5.82 Å². The van der Waals surface area contributed by atoms with Crippen LogP contribution in [0.3, 0.4) is 0 Å². The molecule has 3 aromatic rings. The van der Waals surface area contributed by atoms with Gasteiger partial charge in [0.25, 0.3) is 0 Å². The van der Waals surface area contributed by atoms with Crippen LogP contribution in [0.15, 0.2) is 72.9 Å². The van der Waals surface area contributed by atoms with Gasteiger partial charge in [0, 0.05) is 38.4 Å². The number of halogens is 1. The van der Waals surface area contributed by atoms with Crippen molar-refractivity contribution in [2.24, 2.45) is 0 Å². The summed E-state index contributed by atoms with van der Waals surface area (Å²) in [6.45, 7) is 5.70. The van der Waals surface area contributed by atoms with Crippen LogP contribution in [0.2, 0.25) is 0 Å². The van der Waals surface area contributed by atoms with Crippen molar-refractivity contribution < 1.29 is 14.0 Å². The van der Waals surface area contributed by atoms with Gasteiger partial charge >= 0.3 is 0 Å². The van der Waals surface area contributed by atoms with Gasteiger partial charge < -0.3 is 14.4 Å². The largest absolute Gasteiger partial charge is 0.345 e. The van der Waals surface area contributed by atoms with Crippen LogP contribution in [0.4, 0.5) is 4.39 Å². The lowest BCUT2D eigenvalue weighted by Gasteiger charge is -2.28. The lowest BCUT2D eigenvalue weighted by Crippen LogP contribution is -2.42. The molecular weight excluding hydrogens is 417 g/mol. The van der Waals surface area contributed by atoms with E-state index >= 15 is 0 Å². The fourth-order valence-corrected chi connectivity index (χ4v) is 3.73. The molecule has 0 radical (unpaired) electrons. The van der Waals surface area contributed by atoms with E-state index in [0.717, 1.165) is 29.7 Å². The fourth-order valence-electron chi connectivity index (χ4n) is 3.73. The Balaban J connectivity index is 1.78. The van der Waals surface area contributed by atoms with E-state index < -0.39 is 0 Å². The number of benzene rings is 2. The number of hydrogen-bond donors (Lipinski definition) is 0. The molecule has 174 valence electrons. The SMILES string of the molecule is CCCCN(CC(=O)N(Cc1ccccc1)Cc1cccn1Cc1ccc(F)cc1)C(C)=O. The van der Waals surface area contributed by atoms with Gasteiger partial charge in [-0.25, -0.2) is 4.39 Å². The van der Waals surface area contributed by atoms with E-state index in [9.17, 15) is 14.0 Å². The minimum Gasteiger partial charge on any atom is -0.345 e. The molecule has 0 atom stereocenters. The fraction of sp³-hybridized carbons (Fsp3) is 0.333. The third-order valence-electron chi connectivity index (χ3n) is 5.66. The van der Waals surface area contributed by atoms with Crippen molar-refractivity contribution in [3.63, 3.8) is 0 Å². The first kappa shape index (κ1) is 24.2. The number of aromatic nitrogens is 1. The van der Waals surface area contributed by atoms with Gasteiger partial charge in [-0.15, -0.1) is 0 Å². The third-order valence-corrected chi connectivity index (χ3v) is 5.66. The molecule has 0 bridgehead atoms. The van der Waals surface area contributed by atoms with Crippen LogP contribution >= 0.6 is 0 Å². The first-order chi connectivity index (χ1) is 16.0. The first-order valence-electron chi connectivity index (χ1n) is 11.4. The van der Waals surface area contributed by atoms with Crippen molar-refractivity contribution >= 4 is 11.8 Å². The molecule has 2 amide bonds. The second kappa shape index (κ2) is 12.0. The van der Waals surface area contributed by atoms with Crippen molar-refractivity contribution in [3.05, 3.63) is 95.6 Å². The van der Waals surface area contributed by atoms with Crippen molar-refractivity contribution in [1.82, 2.24) is 14.4 Å². The molecule has 2 aromatic carbocycles. The van der Waals surface area contributed by atoms with Gasteiger partial charge in [0.1, 0.15) is 5.82 Å². The summed E-state index contributed by atoms with van der Waals surface area (Å²) in [6.07, 6.45) is 3.79. The maximum Gasteiger partial charge on any atom is 0.242 e. The maximum absolute atomic E-state index is 13.3. The molecule has 0 fully saturated rings. The average Bonchev–Trinajstić information content (AvgIpc) is 3.24. The molecule has 1 heterocycles. The second-order valence-corrected chi connectivity index (χ2v) is 8.28. The molecule has 3 rings (SSSR count). The van der Waals surface area contributed by atoms with E-state index in [-0.39, 0.29) is 24.2 Å². The number of amides is 2. The van der Waals surface area contributed by atoms with Gasteiger partial charge in [-0.05, 0) is 41.8 Å². The van der Waals surface area contributed by atoms with E-state index in [1.807, 2.05) is 48.7 Å². The molecule has 0 saturated carbocycles. The number of rotatable bonds is 11. The average molecular weight is 450 g/mol. The van der Waals surface area contributed by atoms with Gasteiger partial charge in [-0.2, -0.15) is 0 Å². The lowest BCUT2D eigenvalue weighted by molar-refractivity contribution is -0.140. The number of unbranched alkanes of at least 4 members (excludes halogenated alkanes) is 1. The monoisotopic (exact) mass is 449 g/mol. The molecule has 0 unspecified atom stereocenters. The van der Waals surface area contributed by atoms with Crippen LogP contribution in [0.25, 0.3) is 0 Å². The first-order valence-corrected chi connectivity index (χ1v) is 11.4. The normalized spacial score (nSPS) is 10.8. The Morgan fingerprint density at radius 3 is 2.27 bits per heavy atom. The summed E-state index contributed by atoms with van der Waals surface area (Å²) in [5.41, 5.74) is 2.99. The van der Waals surface area contributed by atoms with Crippen LogP contribution in [0.5, 0.6) is 0 Å². The van der Waals surface area contributed by atoms with Gasteiger partial charge in [0.2, 0.25) is 11.8 Å². The zero-order valence-corrected chi connectivity index (χ0v) is 19.4. The Labute approximate surface area is 195 Å². The van der Waals surface area contributed by atoms with Crippen molar-refractivity contribution in [1.29, 1.82) is 0 Å². The minimum atomic E-state index is -0.260. The van der Waals surface area contributed by atoms with Gasteiger partial charge in [0.05, 0.1) is 13.1 Å². The molecule has 5 nitrogen and oxygen atoms in total. The van der Waals surface area contributed by atoms with Crippen molar-refractivity contribution in [3.8, 4) is 0 Å². The highest BCUT2D eigenvalue weighted by molar-refractivity contribution is 5.83. The molecule has 0 aliphatic rings. The summed E-state index contributed by atoms with van der Waals surface area (Å²) in [6, 6.07) is 20.3. The number of nitrogens with zero attached hydrogens (tertiary/aromatic N) is 3. The van der Waals surface area contributed by atoms with Crippen LogP contribution in [0.1, 0.15) is 43.5 Å². The molecular formula is C27H32FN3O2. The second-order valence-electron chi connectivity index (χ2n) is 8.28. The number of carbonyl (C=O) groups is 2. The molecule has 0 aliphatic carbocycles. The summed E-state index contributed by atoms with van der Waals surface area (Å²) < 4.78 is 15.3. The zero-order valence-electron chi connectivity index (χ0n) is 19.4. The highest BCUT2D eigenvalue weighted by atomic mass is 19.1. The highest BCUT2D eigenvalue weighted by Crippen LogP contribution is 2.15. The van der Waals surface area contributed by atoms with E-state index in [1.54, 1.807) is 21.9 Å². The predicted molar refractivity (Wildman–Crippen MR) is 128 cm³/mol. The Morgan fingerprint density at radius 2 is 1.61 bits per heavy atom. The van der Waals surface area contributed by atoms with Crippen LogP contribution in [-0.4, -0.2) is 39.3 Å². The Bertz CT molecular complexity index is 1030. The molecule has 0 saturated heterocycles. The zero-order chi connectivity index (χ0) is 23.6. The summed E-state index contributed by atoms with van der Waals surface area (Å²) >= 11 is 0. The molecule has 33 heavy (non-hydrogen) atoms. The Hall–Kier alpha value is -3.41. The van der Waals surface area contributed by atoms with Crippen LogP contribution < -0.4 is 0 Å². The van der Waals surface area contributed by atoms with E-state index in [2.05, 4.69) is 11.5 Å². The van der Waals surface area contributed by atoms with Crippen molar-refractivity contribution in [2.45, 2.75) is 46.3 Å². The van der Waals surface area contributed by atoms with Crippen LogP contribution in [-0.2, 0) is 29.2 Å². The maximum atomic E-state index is 13.3. The van der Waals surface area contributed by atoms with Gasteiger partial charge in [-0.1, -0.05) is 55.8 Å². The highest BCUT2D eigenvalue weighted by Gasteiger charge is 2.20. The smallest absolute Gasteiger partial charge is 0.242 e. The minimum absolute atomic E-state index is 0.0703. The predicted octanol–water partition coefficient (Wildman–Crippen LogP) is 4.85.